The van der Waals surface area contributed by atoms with E-state index in [0.29, 0.717) is 6.04 Å². The van der Waals surface area contributed by atoms with Gasteiger partial charge in [0.15, 0.2) is 0 Å². The summed E-state index contributed by atoms with van der Waals surface area (Å²) in [6.07, 6.45) is 9.18. The van der Waals surface area contributed by atoms with Crippen molar-refractivity contribution in [2.45, 2.75) is 33.2 Å². The molecular formula is C13H23N3. The number of nitrogens with zero attached hydrogens (tertiary/aromatic N) is 2. The number of aliphatic imine (C=N–C) groups is 1. The van der Waals surface area contributed by atoms with E-state index in [1.54, 1.807) is 0 Å². The van der Waals surface area contributed by atoms with Gasteiger partial charge in [-0.1, -0.05) is 13.0 Å². The summed E-state index contributed by atoms with van der Waals surface area (Å²) in [5.41, 5.74) is 1.06. The van der Waals surface area contributed by atoms with E-state index >= 15 is 0 Å². The number of nitrogens with one attached hydrogen (secondary N) is 1. The second-order valence-electron chi connectivity index (χ2n) is 4.18. The first-order valence-corrected chi connectivity index (χ1v) is 6.08. The third kappa shape index (κ3) is 4.62. The molecule has 16 heavy (non-hydrogen) atoms. The molecular weight excluding hydrogens is 198 g/mol. The highest BCUT2D eigenvalue weighted by molar-refractivity contribution is 5.71. The lowest BCUT2D eigenvalue weighted by atomic mass is 10.2. The highest BCUT2D eigenvalue weighted by Gasteiger charge is 2.14. The van der Waals surface area contributed by atoms with Gasteiger partial charge in [0.1, 0.15) is 0 Å². The molecule has 0 aromatic rings. The minimum Gasteiger partial charge on any atom is -0.371 e. The van der Waals surface area contributed by atoms with Crippen molar-refractivity contribution in [3.05, 3.63) is 24.0 Å². The molecule has 0 aliphatic carbocycles. The zero-order valence-electron chi connectivity index (χ0n) is 10.6. The summed E-state index contributed by atoms with van der Waals surface area (Å²) in [5.74, 6) is 0. The Morgan fingerprint density at radius 3 is 3.06 bits per heavy atom. The largest absolute Gasteiger partial charge is 0.371 e. The van der Waals surface area contributed by atoms with E-state index in [0.717, 1.165) is 31.8 Å². The van der Waals surface area contributed by atoms with Crippen LogP contribution >= 0.6 is 0 Å². The SMILES string of the molecule is CC\C=C/C=N\C(C)=C\N1CCNCC1C. The van der Waals surface area contributed by atoms with Crippen molar-refractivity contribution in [1.82, 2.24) is 10.2 Å². The number of hydrogen-bond acceptors (Lipinski definition) is 3. The molecule has 1 saturated heterocycles. The van der Waals surface area contributed by atoms with Crippen LogP contribution in [0.1, 0.15) is 27.2 Å². The third-order valence-corrected chi connectivity index (χ3v) is 2.64. The second kappa shape index (κ2) is 7.23. The van der Waals surface area contributed by atoms with Crippen molar-refractivity contribution in [1.29, 1.82) is 0 Å². The van der Waals surface area contributed by atoms with Gasteiger partial charge in [-0.25, -0.2) is 0 Å². The maximum Gasteiger partial charge on any atom is 0.0531 e. The van der Waals surface area contributed by atoms with Gasteiger partial charge >= 0.3 is 0 Å². The molecule has 3 heteroatoms. The Morgan fingerprint density at radius 1 is 1.56 bits per heavy atom. The average Bonchev–Trinajstić information content (AvgIpc) is 2.28. The Kier molecular flexibility index (Phi) is 5.86. The number of rotatable bonds is 4. The van der Waals surface area contributed by atoms with E-state index < -0.39 is 0 Å². The van der Waals surface area contributed by atoms with Gasteiger partial charge < -0.3 is 10.2 Å². The summed E-state index contributed by atoms with van der Waals surface area (Å²) >= 11 is 0. The van der Waals surface area contributed by atoms with Gasteiger partial charge in [-0.15, -0.1) is 0 Å². The van der Waals surface area contributed by atoms with Crippen LogP contribution in [-0.2, 0) is 0 Å². The van der Waals surface area contributed by atoms with Crippen LogP contribution in [0.3, 0.4) is 0 Å². The van der Waals surface area contributed by atoms with Crippen molar-refractivity contribution in [2.24, 2.45) is 4.99 Å². The predicted octanol–water partition coefficient (Wildman–Crippen LogP) is 2.18. The fraction of sp³-hybridized carbons (Fsp3) is 0.615. The minimum absolute atomic E-state index is 0.560. The first-order chi connectivity index (χ1) is 7.74. The fourth-order valence-electron chi connectivity index (χ4n) is 1.68. The van der Waals surface area contributed by atoms with Crippen molar-refractivity contribution in [3.63, 3.8) is 0 Å². The summed E-state index contributed by atoms with van der Waals surface area (Å²) in [4.78, 5) is 6.73. The van der Waals surface area contributed by atoms with Crippen LogP contribution in [0, 0.1) is 0 Å². The van der Waals surface area contributed by atoms with Crippen LogP contribution in [0.5, 0.6) is 0 Å². The summed E-state index contributed by atoms with van der Waals surface area (Å²) in [6.45, 7) is 9.59. The second-order valence-corrected chi connectivity index (χ2v) is 4.18. The standard InChI is InChI=1S/C13H23N3/c1-4-5-6-7-15-12(2)11-16-9-8-14-10-13(16)3/h5-7,11,13-14H,4,8-10H2,1-3H3/b6-5-,12-11+,15-7-. The van der Waals surface area contributed by atoms with E-state index in [1.165, 1.54) is 0 Å². The van der Waals surface area contributed by atoms with Crippen LogP contribution in [0.15, 0.2) is 29.0 Å². The Labute approximate surface area is 98.9 Å². The molecule has 1 rings (SSSR count). The molecule has 0 amide bonds. The smallest absolute Gasteiger partial charge is 0.0531 e. The molecule has 0 saturated carbocycles. The molecule has 1 aliphatic rings. The molecule has 90 valence electrons. The normalized spacial score (nSPS) is 23.6. The maximum absolute atomic E-state index is 4.38. The third-order valence-electron chi connectivity index (χ3n) is 2.64. The molecule has 3 nitrogen and oxygen atoms in total. The van der Waals surface area contributed by atoms with Gasteiger partial charge in [0.2, 0.25) is 0 Å². The average molecular weight is 221 g/mol. The fourth-order valence-corrected chi connectivity index (χ4v) is 1.68. The Hall–Kier alpha value is -1.09. The summed E-state index contributed by atoms with van der Waals surface area (Å²) < 4.78 is 0. The quantitative estimate of drug-likeness (QED) is 0.737. The lowest BCUT2D eigenvalue weighted by Crippen LogP contribution is -2.47. The van der Waals surface area contributed by atoms with Crippen molar-refractivity contribution < 1.29 is 0 Å². The van der Waals surface area contributed by atoms with Crippen LogP contribution in [0.25, 0.3) is 0 Å². The monoisotopic (exact) mass is 221 g/mol. The maximum atomic E-state index is 4.38. The molecule has 0 aromatic carbocycles. The van der Waals surface area contributed by atoms with Crippen LogP contribution in [-0.4, -0.2) is 36.8 Å². The van der Waals surface area contributed by atoms with Crippen LogP contribution < -0.4 is 5.32 Å². The van der Waals surface area contributed by atoms with E-state index in [2.05, 4.69) is 41.3 Å². The summed E-state index contributed by atoms with van der Waals surface area (Å²) in [5, 5.41) is 3.38. The first-order valence-electron chi connectivity index (χ1n) is 6.08. The van der Waals surface area contributed by atoms with Gasteiger partial charge in [0.25, 0.3) is 0 Å². The van der Waals surface area contributed by atoms with Crippen molar-refractivity contribution in [2.75, 3.05) is 19.6 Å². The zero-order valence-corrected chi connectivity index (χ0v) is 10.6. The summed E-state index contributed by atoms with van der Waals surface area (Å²) in [7, 11) is 0. The van der Waals surface area contributed by atoms with Gasteiger partial charge in [-0.3, -0.25) is 4.99 Å². The zero-order chi connectivity index (χ0) is 11.8. The number of allylic oxidation sites excluding steroid dienone is 3. The summed E-state index contributed by atoms with van der Waals surface area (Å²) in [6, 6.07) is 0.560. The molecule has 1 unspecified atom stereocenters. The molecule has 1 aliphatic heterocycles. The topological polar surface area (TPSA) is 27.6 Å². The van der Waals surface area contributed by atoms with Gasteiger partial charge in [0.05, 0.1) is 5.70 Å². The van der Waals surface area contributed by atoms with Gasteiger partial charge in [-0.05, 0) is 26.3 Å². The molecule has 0 radical (unpaired) electrons. The van der Waals surface area contributed by atoms with E-state index in [1.807, 2.05) is 19.2 Å². The van der Waals surface area contributed by atoms with Crippen molar-refractivity contribution >= 4 is 6.21 Å². The predicted molar refractivity (Wildman–Crippen MR) is 70.7 cm³/mol. The van der Waals surface area contributed by atoms with Crippen LogP contribution in [0.2, 0.25) is 0 Å². The molecule has 1 heterocycles. The molecule has 0 aromatic heterocycles. The molecule has 0 bridgehead atoms. The number of hydrogen-bond donors (Lipinski definition) is 1. The highest BCUT2D eigenvalue weighted by Crippen LogP contribution is 2.06. The lowest BCUT2D eigenvalue weighted by molar-refractivity contribution is 0.242. The molecule has 1 fully saturated rings. The van der Waals surface area contributed by atoms with Crippen molar-refractivity contribution in [3.8, 4) is 0 Å². The van der Waals surface area contributed by atoms with E-state index in [9.17, 15) is 0 Å². The van der Waals surface area contributed by atoms with E-state index in [4.69, 9.17) is 0 Å². The number of piperazine rings is 1. The molecule has 1 N–H and O–H groups in total. The van der Waals surface area contributed by atoms with Gasteiger partial charge in [0, 0.05) is 38.1 Å². The minimum atomic E-state index is 0.560. The molecule has 1 atom stereocenters. The first kappa shape index (κ1) is 13.0. The van der Waals surface area contributed by atoms with Gasteiger partial charge in [-0.2, -0.15) is 0 Å². The van der Waals surface area contributed by atoms with E-state index in [-0.39, 0.29) is 0 Å². The Balaban J connectivity index is 2.47. The highest BCUT2D eigenvalue weighted by atomic mass is 15.2. The Bertz CT molecular complexity index is 279. The Morgan fingerprint density at radius 2 is 2.38 bits per heavy atom. The molecule has 0 spiro atoms. The van der Waals surface area contributed by atoms with Crippen LogP contribution in [0.4, 0.5) is 0 Å². The lowest BCUT2D eigenvalue weighted by Gasteiger charge is -2.33.